The van der Waals surface area contributed by atoms with E-state index >= 15 is 0 Å². The van der Waals surface area contributed by atoms with E-state index in [1.54, 1.807) is 0 Å². The van der Waals surface area contributed by atoms with Gasteiger partial charge in [-0.15, -0.1) is 0 Å². The standard InChI is InChI=1S/C27H42N4O5S.C13H25N3O3S/c28-27(25-13-7-8-16-31(25)37(33,34)21-23-11-5-2-6-12-23)29-36-26(32)20-35-24-14-17-30(18-15-24)19-22-9-3-1-4-10-22;14-13(15-17)12-8-4-5-9-16(12)20(18,19)10-11-6-2-1-3-7-11/h1,3-4,9-10,23-25H,2,5-8,11-21H2,(H2,28,29);11-12,17H,1-10H2,(H2,14,15)/t25-;12-/m00/s1. The zero-order valence-corrected chi connectivity index (χ0v) is 35.3. The molecular weight excluding hydrogens is 771 g/mol. The van der Waals surface area contributed by atoms with Crippen LogP contribution in [0.25, 0.3) is 0 Å². The molecule has 57 heavy (non-hydrogen) atoms. The molecule has 3 saturated heterocycles. The van der Waals surface area contributed by atoms with E-state index < -0.39 is 38.1 Å². The minimum atomic E-state index is -3.46. The van der Waals surface area contributed by atoms with E-state index in [4.69, 9.17) is 26.2 Å². The Hall–Kier alpha value is -2.83. The summed E-state index contributed by atoms with van der Waals surface area (Å²) < 4.78 is 60.3. The number of ether oxygens (including phenoxy) is 1. The van der Waals surface area contributed by atoms with E-state index in [9.17, 15) is 21.6 Å². The van der Waals surface area contributed by atoms with Crippen molar-refractivity contribution in [3.05, 3.63) is 35.9 Å². The second kappa shape index (κ2) is 22.5. The lowest BCUT2D eigenvalue weighted by molar-refractivity contribution is -0.152. The lowest BCUT2D eigenvalue weighted by Gasteiger charge is -2.35. The number of nitrogens with zero attached hydrogens (tertiary/aromatic N) is 5. The van der Waals surface area contributed by atoms with Crippen LogP contribution in [-0.4, -0.2) is 116 Å². The number of carbonyl (C=O) groups excluding carboxylic acids is 1. The summed E-state index contributed by atoms with van der Waals surface area (Å²) in [6.45, 7) is 3.44. The van der Waals surface area contributed by atoms with Crippen molar-refractivity contribution in [2.75, 3.05) is 44.3 Å². The molecule has 0 spiro atoms. The monoisotopic (exact) mass is 837 g/mol. The Morgan fingerprint density at radius 2 is 1.16 bits per heavy atom. The summed E-state index contributed by atoms with van der Waals surface area (Å²) in [5, 5.41) is 15.7. The van der Waals surface area contributed by atoms with Crippen molar-refractivity contribution in [3.8, 4) is 0 Å². The second-order valence-corrected chi connectivity index (χ2v) is 20.5. The van der Waals surface area contributed by atoms with Crippen LogP contribution in [0.15, 0.2) is 40.6 Å². The third-order valence-corrected chi connectivity index (χ3v) is 16.3. The molecule has 2 aliphatic carbocycles. The minimum Gasteiger partial charge on any atom is -0.409 e. The van der Waals surface area contributed by atoms with Gasteiger partial charge in [0.1, 0.15) is 6.61 Å². The number of rotatable bonds is 14. The van der Waals surface area contributed by atoms with Gasteiger partial charge in [-0.25, -0.2) is 21.6 Å². The zero-order chi connectivity index (χ0) is 40.7. The molecular formula is C40H67N7O8S2. The van der Waals surface area contributed by atoms with Gasteiger partial charge in [0.15, 0.2) is 11.7 Å². The van der Waals surface area contributed by atoms with Gasteiger partial charge in [-0.05, 0) is 81.6 Å². The number of hydrogen-bond donors (Lipinski definition) is 3. The first-order valence-corrected chi connectivity index (χ1v) is 24.5. The minimum absolute atomic E-state index is 0.000309. The highest BCUT2D eigenvalue weighted by Gasteiger charge is 2.38. The third kappa shape index (κ3) is 14.2. The van der Waals surface area contributed by atoms with Gasteiger partial charge in [-0.1, -0.05) is 92.0 Å². The van der Waals surface area contributed by atoms with Crippen molar-refractivity contribution >= 4 is 37.7 Å². The fraction of sp³-hybridized carbons (Fsp3) is 0.775. The largest absolute Gasteiger partial charge is 0.409 e. The Morgan fingerprint density at radius 1 is 0.667 bits per heavy atom. The quantitative estimate of drug-likeness (QED) is 0.0766. The molecule has 17 heteroatoms. The van der Waals surface area contributed by atoms with E-state index in [1.807, 2.05) is 18.2 Å². The first-order chi connectivity index (χ1) is 27.4. The molecule has 0 aromatic heterocycles. The number of nitrogens with two attached hydrogens (primary N) is 2. The second-order valence-electron chi connectivity index (χ2n) is 16.6. The molecule has 5 fully saturated rings. The van der Waals surface area contributed by atoms with Gasteiger partial charge in [0.25, 0.3) is 0 Å². The van der Waals surface area contributed by atoms with Crippen LogP contribution in [0.1, 0.15) is 121 Å². The van der Waals surface area contributed by atoms with Crippen LogP contribution < -0.4 is 11.5 Å². The molecule has 0 bridgehead atoms. The summed E-state index contributed by atoms with van der Waals surface area (Å²) in [5.41, 5.74) is 13.1. The summed E-state index contributed by atoms with van der Waals surface area (Å²) in [6.07, 6.45) is 17.1. The number of sulfonamides is 2. The van der Waals surface area contributed by atoms with E-state index in [0.29, 0.717) is 25.9 Å². The molecule has 0 unspecified atom stereocenters. The molecule has 15 nitrogen and oxygen atoms in total. The van der Waals surface area contributed by atoms with Crippen LogP contribution in [0.3, 0.4) is 0 Å². The maximum absolute atomic E-state index is 13.2. The molecule has 3 heterocycles. The van der Waals surface area contributed by atoms with Crippen LogP contribution >= 0.6 is 0 Å². The van der Waals surface area contributed by atoms with Crippen LogP contribution in [0, 0.1) is 11.8 Å². The number of amidine groups is 2. The molecule has 5 N–H and O–H groups in total. The summed E-state index contributed by atoms with van der Waals surface area (Å²) in [6, 6.07) is 9.34. The fourth-order valence-electron chi connectivity index (χ4n) is 9.08. The predicted molar refractivity (Wildman–Crippen MR) is 221 cm³/mol. The predicted octanol–water partition coefficient (Wildman–Crippen LogP) is 4.75. The summed E-state index contributed by atoms with van der Waals surface area (Å²) in [7, 11) is -6.79. The number of piperidine rings is 3. The van der Waals surface area contributed by atoms with Crippen molar-refractivity contribution in [2.24, 2.45) is 33.6 Å². The summed E-state index contributed by atoms with van der Waals surface area (Å²) in [5.74, 6) is 0.272. The number of oxime groups is 2. The van der Waals surface area contributed by atoms with E-state index in [1.165, 1.54) is 27.0 Å². The number of likely N-dealkylation sites (tertiary alicyclic amines) is 1. The van der Waals surface area contributed by atoms with Crippen molar-refractivity contribution < 1.29 is 36.4 Å². The van der Waals surface area contributed by atoms with Gasteiger partial charge < -0.3 is 26.2 Å². The van der Waals surface area contributed by atoms with E-state index in [0.717, 1.165) is 110 Å². The number of benzene rings is 1. The number of carbonyl (C=O) groups is 1. The van der Waals surface area contributed by atoms with Crippen LogP contribution in [0.5, 0.6) is 0 Å². The average Bonchev–Trinajstić information content (AvgIpc) is 3.23. The smallest absolute Gasteiger partial charge is 0.360 e. The molecule has 0 radical (unpaired) electrons. The normalized spacial score (nSPS) is 25.1. The van der Waals surface area contributed by atoms with Gasteiger partial charge >= 0.3 is 5.97 Å². The highest BCUT2D eigenvalue weighted by atomic mass is 32.2. The first-order valence-electron chi connectivity index (χ1n) is 21.3. The van der Waals surface area contributed by atoms with Crippen molar-refractivity contribution in [3.63, 3.8) is 0 Å². The van der Waals surface area contributed by atoms with Gasteiger partial charge in [0, 0.05) is 32.7 Å². The highest BCUT2D eigenvalue weighted by Crippen LogP contribution is 2.30. The Bertz CT molecular complexity index is 1660. The first kappa shape index (κ1) is 45.3. The van der Waals surface area contributed by atoms with E-state index in [-0.39, 0.29) is 47.7 Å². The SMILES string of the molecule is N/C(=N\O)[C@@H]1CCCCN1S(=O)(=O)CC1CCCCC1.N/C(=N\OC(=O)COC1CCN(Cc2ccccc2)CC1)[C@@H]1CCCCN1S(=O)(=O)CC1CCCCC1. The van der Waals surface area contributed by atoms with Gasteiger partial charge in [-0.2, -0.15) is 8.61 Å². The van der Waals surface area contributed by atoms with Crippen LogP contribution in [0.2, 0.25) is 0 Å². The summed E-state index contributed by atoms with van der Waals surface area (Å²) in [4.78, 5) is 19.7. The Morgan fingerprint density at radius 3 is 1.67 bits per heavy atom. The molecule has 3 aliphatic heterocycles. The molecule has 1 aromatic carbocycles. The maximum atomic E-state index is 13.2. The van der Waals surface area contributed by atoms with Gasteiger partial charge in [0.05, 0.1) is 29.7 Å². The zero-order valence-electron chi connectivity index (χ0n) is 33.7. The van der Waals surface area contributed by atoms with Crippen molar-refractivity contribution in [2.45, 2.75) is 140 Å². The molecule has 322 valence electrons. The van der Waals surface area contributed by atoms with Gasteiger partial charge in [0.2, 0.25) is 20.0 Å². The maximum Gasteiger partial charge on any atom is 0.360 e. The molecule has 0 amide bonds. The molecule has 2 atom stereocenters. The lowest BCUT2D eigenvalue weighted by atomic mass is 9.91. The van der Waals surface area contributed by atoms with E-state index in [2.05, 4.69) is 27.3 Å². The highest BCUT2D eigenvalue weighted by molar-refractivity contribution is 7.89. The van der Waals surface area contributed by atoms with Gasteiger partial charge in [-0.3, -0.25) is 4.90 Å². The Labute approximate surface area is 340 Å². The lowest BCUT2D eigenvalue weighted by Crippen LogP contribution is -2.51. The average molecular weight is 838 g/mol. The van der Waals surface area contributed by atoms with Crippen LogP contribution in [0.4, 0.5) is 0 Å². The van der Waals surface area contributed by atoms with Crippen molar-refractivity contribution in [1.29, 1.82) is 0 Å². The molecule has 1 aromatic rings. The third-order valence-electron chi connectivity index (χ3n) is 12.2. The summed E-state index contributed by atoms with van der Waals surface area (Å²) >= 11 is 0. The molecule has 5 aliphatic rings. The fourth-order valence-corrected chi connectivity index (χ4v) is 13.3. The molecule has 6 rings (SSSR count). The Kier molecular flexibility index (Phi) is 17.9. The van der Waals surface area contributed by atoms with Crippen LogP contribution in [-0.2, 0) is 41.0 Å². The molecule has 2 saturated carbocycles. The number of hydrogen-bond acceptors (Lipinski definition) is 11. The Balaban J connectivity index is 0.000000261. The van der Waals surface area contributed by atoms with Crippen molar-refractivity contribution in [1.82, 2.24) is 13.5 Å². The topological polar surface area (TPSA) is 211 Å².